The van der Waals surface area contributed by atoms with Gasteiger partial charge in [0.05, 0.1) is 5.56 Å². The van der Waals surface area contributed by atoms with E-state index in [2.05, 4.69) is 11.8 Å². The Hall–Kier alpha value is -1.86. The summed E-state index contributed by atoms with van der Waals surface area (Å²) in [7, 11) is 0. The molecule has 18 heavy (non-hydrogen) atoms. The molecule has 0 aromatic heterocycles. The molecule has 0 saturated carbocycles. The van der Waals surface area contributed by atoms with Gasteiger partial charge in [-0.25, -0.2) is 4.39 Å². The molecule has 1 aromatic carbocycles. The first kappa shape index (κ1) is 12.6. The van der Waals surface area contributed by atoms with E-state index in [1.165, 1.54) is 12.1 Å². The lowest BCUT2D eigenvalue weighted by Gasteiger charge is -2.26. The van der Waals surface area contributed by atoms with E-state index in [1.54, 1.807) is 11.0 Å². The highest BCUT2D eigenvalue weighted by atomic mass is 19.1. The summed E-state index contributed by atoms with van der Waals surface area (Å²) in [5.74, 6) is 4.49. The number of halogens is 1. The number of carbonyl (C=O) groups excluding carboxylic acids is 1. The second kappa shape index (κ2) is 5.65. The van der Waals surface area contributed by atoms with Crippen molar-refractivity contribution in [2.75, 3.05) is 18.1 Å². The van der Waals surface area contributed by atoms with Crippen LogP contribution < -0.4 is 4.90 Å². The molecular formula is C14H14FNO2. The average Bonchev–Trinajstić information content (AvgIpc) is 2.38. The molecule has 0 unspecified atom stereocenters. The molecule has 1 N–H and O–H groups in total. The molecule has 4 heteroatoms. The summed E-state index contributed by atoms with van der Waals surface area (Å²) in [5, 5.41) is 8.56. The van der Waals surface area contributed by atoms with Gasteiger partial charge in [0.1, 0.15) is 12.4 Å². The molecule has 3 nitrogen and oxygen atoms in total. The Bertz CT molecular complexity index is 516. The Kier molecular flexibility index (Phi) is 3.96. The minimum Gasteiger partial charge on any atom is -0.384 e. The molecule has 1 aliphatic heterocycles. The molecule has 1 aromatic rings. The number of rotatable bonds is 1. The molecule has 1 saturated heterocycles. The van der Waals surface area contributed by atoms with Crippen molar-refractivity contribution in [1.82, 2.24) is 0 Å². The summed E-state index contributed by atoms with van der Waals surface area (Å²) in [5.41, 5.74) is 0.809. The van der Waals surface area contributed by atoms with Crippen LogP contribution in [0, 0.1) is 17.7 Å². The van der Waals surface area contributed by atoms with Gasteiger partial charge in [-0.2, -0.15) is 0 Å². The first-order chi connectivity index (χ1) is 8.72. The smallest absolute Gasteiger partial charge is 0.226 e. The van der Waals surface area contributed by atoms with E-state index < -0.39 is 5.82 Å². The summed E-state index contributed by atoms with van der Waals surface area (Å²) in [6.45, 7) is 0.339. The van der Waals surface area contributed by atoms with Crippen LogP contribution in [0.4, 0.5) is 10.1 Å². The van der Waals surface area contributed by atoms with Crippen LogP contribution in [0.5, 0.6) is 0 Å². The summed E-state index contributed by atoms with van der Waals surface area (Å²) in [6.07, 6.45) is 2.37. The average molecular weight is 247 g/mol. The van der Waals surface area contributed by atoms with Gasteiger partial charge in [0.2, 0.25) is 5.91 Å². The molecule has 94 valence electrons. The van der Waals surface area contributed by atoms with Gasteiger partial charge >= 0.3 is 0 Å². The van der Waals surface area contributed by atoms with Crippen molar-refractivity contribution < 1.29 is 14.3 Å². The highest BCUT2D eigenvalue weighted by molar-refractivity contribution is 5.94. The molecule has 1 fully saturated rings. The quantitative estimate of drug-likeness (QED) is 0.767. The topological polar surface area (TPSA) is 40.5 Å². The molecular weight excluding hydrogens is 233 g/mol. The molecule has 0 radical (unpaired) electrons. The number of piperidine rings is 1. The first-order valence-electron chi connectivity index (χ1n) is 5.92. The zero-order valence-corrected chi connectivity index (χ0v) is 9.95. The van der Waals surface area contributed by atoms with Crippen molar-refractivity contribution in [2.24, 2.45) is 0 Å². The van der Waals surface area contributed by atoms with Crippen LogP contribution >= 0.6 is 0 Å². The molecule has 1 aliphatic rings. The number of amides is 1. The molecule has 2 rings (SSSR count). The fourth-order valence-corrected chi connectivity index (χ4v) is 1.99. The standard InChI is InChI=1S/C14H14FNO2/c15-13-10-12(7-6-11(13)4-3-9-17)16-8-2-1-5-14(16)18/h6-7,10,17H,1-2,5,8-9H2. The van der Waals surface area contributed by atoms with Gasteiger partial charge in [0.15, 0.2) is 0 Å². The van der Waals surface area contributed by atoms with E-state index in [0.717, 1.165) is 12.8 Å². The second-order valence-electron chi connectivity index (χ2n) is 4.13. The highest BCUT2D eigenvalue weighted by Gasteiger charge is 2.20. The summed E-state index contributed by atoms with van der Waals surface area (Å²) in [6, 6.07) is 4.55. The maximum absolute atomic E-state index is 13.7. The lowest BCUT2D eigenvalue weighted by molar-refractivity contribution is -0.119. The fourth-order valence-electron chi connectivity index (χ4n) is 1.99. The predicted molar refractivity (Wildman–Crippen MR) is 66.6 cm³/mol. The van der Waals surface area contributed by atoms with E-state index in [0.29, 0.717) is 18.7 Å². The Morgan fingerprint density at radius 3 is 2.89 bits per heavy atom. The molecule has 1 amide bonds. The van der Waals surface area contributed by atoms with Crippen LogP contribution in [0.1, 0.15) is 24.8 Å². The Labute approximate surface area is 105 Å². The number of carbonyl (C=O) groups is 1. The van der Waals surface area contributed by atoms with Gasteiger partial charge in [0.25, 0.3) is 0 Å². The maximum Gasteiger partial charge on any atom is 0.226 e. The van der Waals surface area contributed by atoms with Crippen molar-refractivity contribution in [1.29, 1.82) is 0 Å². The Balaban J connectivity index is 2.25. The number of anilines is 1. The van der Waals surface area contributed by atoms with E-state index in [-0.39, 0.29) is 18.1 Å². The zero-order valence-electron chi connectivity index (χ0n) is 9.95. The van der Waals surface area contributed by atoms with E-state index in [4.69, 9.17) is 5.11 Å². The third-order valence-electron chi connectivity index (χ3n) is 2.89. The zero-order chi connectivity index (χ0) is 13.0. The predicted octanol–water partition coefficient (Wildman–Crippen LogP) is 1.69. The number of benzene rings is 1. The molecule has 1 heterocycles. The van der Waals surface area contributed by atoms with Crippen LogP contribution in [0.3, 0.4) is 0 Å². The van der Waals surface area contributed by atoms with E-state index in [9.17, 15) is 9.18 Å². The van der Waals surface area contributed by atoms with Crippen molar-refractivity contribution in [3.8, 4) is 11.8 Å². The van der Waals surface area contributed by atoms with Gasteiger partial charge in [-0.3, -0.25) is 4.79 Å². The second-order valence-corrected chi connectivity index (χ2v) is 4.13. The van der Waals surface area contributed by atoms with Gasteiger partial charge in [0, 0.05) is 18.7 Å². The summed E-state index contributed by atoms with van der Waals surface area (Å²) in [4.78, 5) is 13.3. The van der Waals surface area contributed by atoms with Crippen molar-refractivity contribution >= 4 is 11.6 Å². The summed E-state index contributed by atoms with van der Waals surface area (Å²) < 4.78 is 13.7. The monoisotopic (exact) mass is 247 g/mol. The number of aliphatic hydroxyl groups excluding tert-OH is 1. The van der Waals surface area contributed by atoms with E-state index >= 15 is 0 Å². The molecule has 0 spiro atoms. The minimum atomic E-state index is -0.466. The van der Waals surface area contributed by atoms with Crippen LogP contribution in [0.15, 0.2) is 18.2 Å². The molecule has 0 atom stereocenters. The van der Waals surface area contributed by atoms with Crippen molar-refractivity contribution in [3.05, 3.63) is 29.6 Å². The number of nitrogens with zero attached hydrogens (tertiary/aromatic N) is 1. The van der Waals surface area contributed by atoms with Crippen LogP contribution in [0.25, 0.3) is 0 Å². The largest absolute Gasteiger partial charge is 0.384 e. The molecule has 0 aliphatic carbocycles. The number of hydrogen-bond acceptors (Lipinski definition) is 2. The number of hydrogen-bond donors (Lipinski definition) is 1. The third-order valence-corrected chi connectivity index (χ3v) is 2.89. The van der Waals surface area contributed by atoms with E-state index in [1.807, 2.05) is 0 Å². The van der Waals surface area contributed by atoms with Gasteiger partial charge in [-0.15, -0.1) is 0 Å². The Morgan fingerprint density at radius 1 is 1.39 bits per heavy atom. The fraction of sp³-hybridized carbons (Fsp3) is 0.357. The van der Waals surface area contributed by atoms with Gasteiger partial charge < -0.3 is 10.0 Å². The Morgan fingerprint density at radius 2 is 2.22 bits per heavy atom. The maximum atomic E-state index is 13.7. The van der Waals surface area contributed by atoms with Crippen LogP contribution in [-0.4, -0.2) is 24.2 Å². The highest BCUT2D eigenvalue weighted by Crippen LogP contribution is 2.22. The van der Waals surface area contributed by atoms with Crippen LogP contribution in [0.2, 0.25) is 0 Å². The van der Waals surface area contributed by atoms with Crippen molar-refractivity contribution in [3.63, 3.8) is 0 Å². The van der Waals surface area contributed by atoms with Gasteiger partial charge in [-0.1, -0.05) is 11.8 Å². The number of aliphatic hydroxyl groups is 1. The van der Waals surface area contributed by atoms with Crippen LogP contribution in [-0.2, 0) is 4.79 Å². The minimum absolute atomic E-state index is 0.0369. The lowest BCUT2D eigenvalue weighted by atomic mass is 10.1. The SMILES string of the molecule is O=C1CCCCN1c1ccc(C#CCO)c(F)c1. The molecule has 0 bridgehead atoms. The van der Waals surface area contributed by atoms with Gasteiger partial charge in [-0.05, 0) is 31.0 Å². The summed E-state index contributed by atoms with van der Waals surface area (Å²) >= 11 is 0. The third kappa shape index (κ3) is 2.69. The first-order valence-corrected chi connectivity index (χ1v) is 5.92. The normalized spacial score (nSPS) is 15.2. The van der Waals surface area contributed by atoms with Crippen molar-refractivity contribution in [2.45, 2.75) is 19.3 Å². The lowest BCUT2D eigenvalue weighted by Crippen LogP contribution is -2.35.